The summed E-state index contributed by atoms with van der Waals surface area (Å²) in [6, 6.07) is 19.3. The van der Waals surface area contributed by atoms with E-state index in [4.69, 9.17) is 4.74 Å². The number of ether oxygens (including phenoxy) is 1. The Morgan fingerprint density at radius 2 is 1.68 bits per heavy atom. The molecule has 2 N–H and O–H groups in total. The third-order valence-electron chi connectivity index (χ3n) is 5.52. The summed E-state index contributed by atoms with van der Waals surface area (Å²) in [4.78, 5) is 21.5. The van der Waals surface area contributed by atoms with Crippen molar-refractivity contribution in [3.63, 3.8) is 0 Å². The predicted molar refractivity (Wildman–Crippen MR) is 132 cm³/mol. The molecule has 1 heterocycles. The lowest BCUT2D eigenvalue weighted by Crippen LogP contribution is -2.36. The molecule has 0 amide bonds. The first-order chi connectivity index (χ1) is 16.3. The lowest BCUT2D eigenvalue weighted by Gasteiger charge is -2.21. The molecule has 0 saturated heterocycles. The van der Waals surface area contributed by atoms with E-state index in [1.54, 1.807) is 18.2 Å². The van der Waals surface area contributed by atoms with E-state index in [9.17, 15) is 13.2 Å². The quantitative estimate of drug-likeness (QED) is 0.370. The maximum Gasteiger partial charge on any atom is 0.328 e. The molecule has 4 aromatic rings. The first-order valence-corrected chi connectivity index (χ1v) is 12.4. The van der Waals surface area contributed by atoms with Gasteiger partial charge in [0.15, 0.2) is 0 Å². The largest absolute Gasteiger partial charge is 0.467 e. The van der Waals surface area contributed by atoms with Crippen LogP contribution in [0.25, 0.3) is 21.7 Å². The molecule has 176 valence electrons. The number of methoxy groups -OCH3 is 1. The molecular weight excluding hydrogens is 452 g/mol. The molecule has 0 bridgehead atoms. The Morgan fingerprint density at radius 1 is 0.971 bits per heavy atom. The molecule has 8 nitrogen and oxygen atoms in total. The Kier molecular flexibility index (Phi) is 6.76. The van der Waals surface area contributed by atoms with E-state index < -0.39 is 22.0 Å². The number of hydrogen-bond acceptors (Lipinski definition) is 7. The van der Waals surface area contributed by atoms with Crippen LogP contribution in [0.5, 0.6) is 0 Å². The van der Waals surface area contributed by atoms with Crippen LogP contribution in [0.3, 0.4) is 0 Å². The van der Waals surface area contributed by atoms with E-state index in [1.807, 2.05) is 62.4 Å². The lowest BCUT2D eigenvalue weighted by atomic mass is 10.0. The first kappa shape index (κ1) is 23.6. The van der Waals surface area contributed by atoms with Crippen LogP contribution >= 0.6 is 0 Å². The smallest absolute Gasteiger partial charge is 0.328 e. The summed E-state index contributed by atoms with van der Waals surface area (Å²) in [5.41, 5.74) is 0.632. The number of aromatic nitrogens is 2. The number of carbonyl (C=O) groups excluding carboxylic acids is 1. The second kappa shape index (κ2) is 9.74. The third kappa shape index (κ3) is 5.00. The van der Waals surface area contributed by atoms with Crippen molar-refractivity contribution in [3.05, 3.63) is 72.6 Å². The molecule has 4 rings (SSSR count). The second-order valence-electron chi connectivity index (χ2n) is 8.23. The summed E-state index contributed by atoms with van der Waals surface area (Å²) in [5.74, 6) is 0.250. The molecule has 9 heteroatoms. The molecular formula is C25H26N4O4S. The molecule has 0 radical (unpaired) electrons. The van der Waals surface area contributed by atoms with E-state index in [1.165, 1.54) is 7.11 Å². The highest BCUT2D eigenvalue weighted by molar-refractivity contribution is 7.89. The molecule has 3 aromatic carbocycles. The van der Waals surface area contributed by atoms with Gasteiger partial charge in [-0.3, -0.25) is 0 Å². The molecule has 0 aliphatic carbocycles. The topological polar surface area (TPSA) is 110 Å². The number of nitrogens with one attached hydrogen (secondary N) is 2. The molecule has 0 spiro atoms. The SMILES string of the molecule is COC(=O)[C@@H](Nc1nc(CNS(=O)(=O)c2ccc3ccccc3c2)nc2ccccc12)C(C)C. The highest BCUT2D eigenvalue weighted by Gasteiger charge is 2.24. The van der Waals surface area contributed by atoms with Gasteiger partial charge < -0.3 is 10.1 Å². The number of esters is 1. The Balaban J connectivity index is 1.63. The molecule has 0 aliphatic rings. The first-order valence-electron chi connectivity index (χ1n) is 10.9. The number of para-hydroxylation sites is 1. The number of nitrogens with zero attached hydrogens (tertiary/aromatic N) is 2. The van der Waals surface area contributed by atoms with Crippen LogP contribution in [0.1, 0.15) is 19.7 Å². The van der Waals surface area contributed by atoms with Crippen molar-refractivity contribution >= 4 is 43.5 Å². The summed E-state index contributed by atoms with van der Waals surface area (Å²) in [6.45, 7) is 3.69. The van der Waals surface area contributed by atoms with Gasteiger partial charge in [-0.15, -0.1) is 0 Å². The molecule has 34 heavy (non-hydrogen) atoms. The number of sulfonamides is 1. The molecule has 0 unspecified atom stereocenters. The van der Waals surface area contributed by atoms with Crippen molar-refractivity contribution in [2.24, 2.45) is 5.92 Å². The molecule has 1 atom stereocenters. The standard InChI is InChI=1S/C25H26N4O4S/c1-16(2)23(25(30)33-3)29-24-20-10-6-7-11-21(20)27-22(28-24)15-26-34(31,32)19-13-12-17-8-4-5-9-18(17)14-19/h4-14,16,23,26H,15H2,1-3H3,(H,27,28,29)/t23-/m0/s1. The fourth-order valence-electron chi connectivity index (χ4n) is 3.66. The summed E-state index contributed by atoms with van der Waals surface area (Å²) in [7, 11) is -2.46. The minimum atomic E-state index is -3.79. The summed E-state index contributed by atoms with van der Waals surface area (Å²) < 4.78 is 33.4. The zero-order valence-corrected chi connectivity index (χ0v) is 20.0. The summed E-state index contributed by atoms with van der Waals surface area (Å²) in [6.07, 6.45) is 0. The number of hydrogen-bond donors (Lipinski definition) is 2. The van der Waals surface area contributed by atoms with Crippen molar-refractivity contribution in [3.8, 4) is 0 Å². The van der Waals surface area contributed by atoms with Gasteiger partial charge in [0.1, 0.15) is 17.7 Å². The van der Waals surface area contributed by atoms with Gasteiger partial charge >= 0.3 is 5.97 Å². The molecule has 1 aromatic heterocycles. The van der Waals surface area contributed by atoms with Crippen molar-refractivity contribution < 1.29 is 17.9 Å². The molecule has 0 saturated carbocycles. The number of rotatable bonds is 8. The Morgan fingerprint density at radius 3 is 2.41 bits per heavy atom. The van der Waals surface area contributed by atoms with Crippen LogP contribution in [0.2, 0.25) is 0 Å². The Bertz CT molecular complexity index is 1450. The maximum absolute atomic E-state index is 12.9. The predicted octanol–water partition coefficient (Wildman–Crippen LogP) is 3.87. The van der Waals surface area contributed by atoms with Crippen molar-refractivity contribution in [2.75, 3.05) is 12.4 Å². The number of anilines is 1. The van der Waals surface area contributed by atoms with E-state index in [0.717, 1.165) is 16.2 Å². The second-order valence-corrected chi connectivity index (χ2v) is 10.00. The van der Waals surface area contributed by atoms with Crippen molar-refractivity contribution in [2.45, 2.75) is 31.3 Å². The number of fused-ring (bicyclic) bond motifs is 2. The van der Waals surface area contributed by atoms with Crippen LogP contribution in [0.15, 0.2) is 71.6 Å². The van der Waals surface area contributed by atoms with Crippen molar-refractivity contribution in [1.29, 1.82) is 0 Å². The van der Waals surface area contributed by atoms with Gasteiger partial charge in [-0.05, 0) is 41.0 Å². The average molecular weight is 479 g/mol. The van der Waals surface area contributed by atoms with E-state index in [-0.39, 0.29) is 23.2 Å². The molecule has 0 aliphatic heterocycles. The Hall–Kier alpha value is -3.56. The zero-order valence-electron chi connectivity index (χ0n) is 19.1. The van der Waals surface area contributed by atoms with Crippen LogP contribution in [-0.2, 0) is 26.1 Å². The highest BCUT2D eigenvalue weighted by Crippen LogP contribution is 2.23. The zero-order chi connectivity index (χ0) is 24.3. The molecule has 0 fully saturated rings. The fourth-order valence-corrected chi connectivity index (χ4v) is 4.68. The average Bonchev–Trinajstić information content (AvgIpc) is 2.85. The maximum atomic E-state index is 12.9. The van der Waals surface area contributed by atoms with Crippen molar-refractivity contribution in [1.82, 2.24) is 14.7 Å². The van der Waals surface area contributed by atoms with Crippen LogP contribution in [-0.4, -0.2) is 37.5 Å². The van der Waals surface area contributed by atoms with E-state index in [2.05, 4.69) is 20.0 Å². The summed E-state index contributed by atoms with van der Waals surface area (Å²) >= 11 is 0. The monoisotopic (exact) mass is 478 g/mol. The van der Waals surface area contributed by atoms with Crippen LogP contribution in [0, 0.1) is 5.92 Å². The minimum absolute atomic E-state index is 0.0592. The summed E-state index contributed by atoms with van der Waals surface area (Å²) in [5, 5.41) is 5.67. The fraction of sp³-hybridized carbons (Fsp3) is 0.240. The van der Waals surface area contributed by atoms with Crippen LogP contribution < -0.4 is 10.0 Å². The van der Waals surface area contributed by atoms with Gasteiger partial charge in [-0.1, -0.05) is 56.3 Å². The van der Waals surface area contributed by atoms with E-state index >= 15 is 0 Å². The lowest BCUT2D eigenvalue weighted by molar-refractivity contribution is -0.142. The normalized spacial score (nSPS) is 12.7. The van der Waals surface area contributed by atoms with Gasteiger partial charge in [0.2, 0.25) is 10.0 Å². The third-order valence-corrected chi connectivity index (χ3v) is 6.91. The number of benzene rings is 3. The van der Waals surface area contributed by atoms with E-state index in [0.29, 0.717) is 11.3 Å². The van der Waals surface area contributed by atoms with Gasteiger partial charge in [-0.25, -0.2) is 27.9 Å². The van der Waals surface area contributed by atoms with Crippen LogP contribution in [0.4, 0.5) is 5.82 Å². The minimum Gasteiger partial charge on any atom is -0.467 e. The van der Waals surface area contributed by atoms with Gasteiger partial charge in [0.25, 0.3) is 0 Å². The highest BCUT2D eigenvalue weighted by atomic mass is 32.2. The van der Waals surface area contributed by atoms with Gasteiger partial charge in [-0.2, -0.15) is 0 Å². The van der Waals surface area contributed by atoms with Gasteiger partial charge in [0.05, 0.1) is 24.1 Å². The Labute approximate surface area is 198 Å². The number of carbonyl (C=O) groups is 1. The van der Waals surface area contributed by atoms with Gasteiger partial charge in [0, 0.05) is 5.39 Å².